The van der Waals surface area contributed by atoms with E-state index in [0.717, 1.165) is 6.54 Å². The number of pyridine rings is 1. The third-order valence-electron chi connectivity index (χ3n) is 3.72. The lowest BCUT2D eigenvalue weighted by molar-refractivity contribution is 0.0755. The molecule has 1 amide bonds. The molecule has 1 aliphatic rings. The molecule has 0 bridgehead atoms. The van der Waals surface area contributed by atoms with E-state index in [4.69, 9.17) is 5.26 Å². The minimum Gasteiger partial charge on any atom is -0.340 e. The van der Waals surface area contributed by atoms with Crippen LogP contribution in [-0.4, -0.2) is 29.4 Å². The van der Waals surface area contributed by atoms with Gasteiger partial charge in [0.05, 0.1) is 5.56 Å². The third-order valence-corrected chi connectivity index (χ3v) is 3.72. The molecule has 0 radical (unpaired) electrons. The fourth-order valence-corrected chi connectivity index (χ4v) is 2.62. The Hall–Kier alpha value is -1.89. The average Bonchev–Trinajstić information content (AvgIpc) is 2.47. The van der Waals surface area contributed by atoms with Gasteiger partial charge < -0.3 is 4.90 Å². The summed E-state index contributed by atoms with van der Waals surface area (Å²) in [7, 11) is 1.83. The zero-order chi connectivity index (χ0) is 13.7. The van der Waals surface area contributed by atoms with Gasteiger partial charge >= 0.3 is 0 Å². The zero-order valence-electron chi connectivity index (χ0n) is 11.3. The molecule has 1 aromatic rings. The number of nitrogens with zero attached hydrogens (tertiary/aromatic N) is 3. The van der Waals surface area contributed by atoms with Gasteiger partial charge in [0.2, 0.25) is 0 Å². The minimum absolute atomic E-state index is 0.0601. The van der Waals surface area contributed by atoms with Gasteiger partial charge in [-0.2, -0.15) is 5.26 Å². The molecular weight excluding hydrogens is 238 g/mol. The Morgan fingerprint density at radius 1 is 1.42 bits per heavy atom. The highest BCUT2D eigenvalue weighted by atomic mass is 16.2. The molecule has 1 fully saturated rings. The van der Waals surface area contributed by atoms with E-state index in [0.29, 0.717) is 17.2 Å². The summed E-state index contributed by atoms with van der Waals surface area (Å²) in [5, 5.41) is 8.71. The van der Waals surface area contributed by atoms with Crippen molar-refractivity contribution in [2.45, 2.75) is 32.1 Å². The molecule has 4 heteroatoms. The molecule has 0 N–H and O–H groups in total. The van der Waals surface area contributed by atoms with E-state index in [1.165, 1.54) is 38.3 Å². The highest BCUT2D eigenvalue weighted by Gasteiger charge is 2.19. The summed E-state index contributed by atoms with van der Waals surface area (Å²) in [5.41, 5.74) is 0.892. The van der Waals surface area contributed by atoms with Crippen LogP contribution in [0.25, 0.3) is 0 Å². The van der Waals surface area contributed by atoms with Gasteiger partial charge in [0.25, 0.3) is 5.91 Å². The van der Waals surface area contributed by atoms with Gasteiger partial charge in [-0.25, -0.2) is 4.98 Å². The molecule has 0 aromatic carbocycles. The quantitative estimate of drug-likeness (QED) is 0.836. The zero-order valence-corrected chi connectivity index (χ0v) is 11.3. The molecule has 100 valence electrons. The second kappa shape index (κ2) is 6.33. The first-order chi connectivity index (χ1) is 9.20. The van der Waals surface area contributed by atoms with E-state index in [1.54, 1.807) is 17.0 Å². The van der Waals surface area contributed by atoms with Gasteiger partial charge in [0, 0.05) is 19.8 Å². The predicted molar refractivity (Wildman–Crippen MR) is 72.5 cm³/mol. The number of hydrogen-bond donors (Lipinski definition) is 0. The number of hydrogen-bond acceptors (Lipinski definition) is 3. The van der Waals surface area contributed by atoms with Gasteiger partial charge in [-0.05, 0) is 30.9 Å². The lowest BCUT2D eigenvalue weighted by atomic mass is 9.89. The maximum absolute atomic E-state index is 12.2. The molecule has 1 aromatic heterocycles. The van der Waals surface area contributed by atoms with Crippen LogP contribution in [0.4, 0.5) is 0 Å². The monoisotopic (exact) mass is 257 g/mol. The van der Waals surface area contributed by atoms with Crippen molar-refractivity contribution in [3.05, 3.63) is 29.6 Å². The molecule has 1 saturated carbocycles. The van der Waals surface area contributed by atoms with Crippen LogP contribution in [0.5, 0.6) is 0 Å². The lowest BCUT2D eigenvalue weighted by Gasteiger charge is -2.26. The fourth-order valence-electron chi connectivity index (χ4n) is 2.62. The van der Waals surface area contributed by atoms with Crippen molar-refractivity contribution in [1.82, 2.24) is 9.88 Å². The van der Waals surface area contributed by atoms with Crippen molar-refractivity contribution in [2.75, 3.05) is 13.6 Å². The minimum atomic E-state index is -0.0601. The van der Waals surface area contributed by atoms with Gasteiger partial charge in [-0.15, -0.1) is 0 Å². The Morgan fingerprint density at radius 2 is 2.16 bits per heavy atom. The average molecular weight is 257 g/mol. The topological polar surface area (TPSA) is 57.0 Å². The molecular formula is C15H19N3O. The van der Waals surface area contributed by atoms with Crippen LogP contribution in [-0.2, 0) is 0 Å². The second-order valence-corrected chi connectivity index (χ2v) is 5.23. The molecule has 4 nitrogen and oxygen atoms in total. The molecule has 0 aliphatic heterocycles. The van der Waals surface area contributed by atoms with Crippen molar-refractivity contribution in [3.8, 4) is 6.07 Å². The highest BCUT2D eigenvalue weighted by molar-refractivity contribution is 5.92. The smallest absolute Gasteiger partial charge is 0.272 e. The van der Waals surface area contributed by atoms with E-state index in [9.17, 15) is 4.79 Å². The van der Waals surface area contributed by atoms with Gasteiger partial charge in [-0.1, -0.05) is 19.3 Å². The van der Waals surface area contributed by atoms with Crippen LogP contribution in [0.15, 0.2) is 18.3 Å². The summed E-state index contributed by atoms with van der Waals surface area (Å²) in [4.78, 5) is 18.0. The Morgan fingerprint density at radius 3 is 2.74 bits per heavy atom. The molecule has 0 spiro atoms. The molecule has 0 unspecified atom stereocenters. The maximum atomic E-state index is 12.2. The molecule has 1 aliphatic carbocycles. The van der Waals surface area contributed by atoms with E-state index in [1.807, 2.05) is 13.1 Å². The SMILES string of the molecule is CN(CC1CCCCC1)C(=O)c1ccc(C#N)cn1. The van der Waals surface area contributed by atoms with Crippen LogP contribution in [0.1, 0.15) is 48.2 Å². The van der Waals surface area contributed by atoms with Crippen molar-refractivity contribution in [3.63, 3.8) is 0 Å². The van der Waals surface area contributed by atoms with Crippen LogP contribution in [0.3, 0.4) is 0 Å². The normalized spacial score (nSPS) is 15.8. The largest absolute Gasteiger partial charge is 0.340 e. The summed E-state index contributed by atoms with van der Waals surface area (Å²) >= 11 is 0. The number of aromatic nitrogens is 1. The van der Waals surface area contributed by atoms with Crippen molar-refractivity contribution in [1.29, 1.82) is 5.26 Å². The molecule has 2 rings (SSSR count). The number of carbonyl (C=O) groups is 1. The first-order valence-electron chi connectivity index (χ1n) is 6.82. The summed E-state index contributed by atoms with van der Waals surface area (Å²) in [6.45, 7) is 0.806. The van der Waals surface area contributed by atoms with E-state index >= 15 is 0 Å². The standard InChI is InChI=1S/C15H19N3O/c1-18(11-12-5-3-2-4-6-12)15(19)14-8-7-13(9-16)10-17-14/h7-8,10,12H,2-6,11H2,1H3. The third kappa shape index (κ3) is 3.54. The first kappa shape index (κ1) is 13.5. The number of rotatable bonds is 3. The summed E-state index contributed by atoms with van der Waals surface area (Å²) < 4.78 is 0. The number of amides is 1. The predicted octanol–water partition coefficient (Wildman–Crippen LogP) is 2.61. The van der Waals surface area contributed by atoms with E-state index in [-0.39, 0.29) is 5.91 Å². The summed E-state index contributed by atoms with van der Waals surface area (Å²) in [5.74, 6) is 0.566. The fraction of sp³-hybridized carbons (Fsp3) is 0.533. The van der Waals surface area contributed by atoms with Gasteiger partial charge in [0.15, 0.2) is 0 Å². The number of nitriles is 1. The van der Waals surface area contributed by atoms with E-state index in [2.05, 4.69) is 4.98 Å². The highest BCUT2D eigenvalue weighted by Crippen LogP contribution is 2.24. The Labute approximate surface area is 114 Å². The van der Waals surface area contributed by atoms with Crippen molar-refractivity contribution in [2.24, 2.45) is 5.92 Å². The van der Waals surface area contributed by atoms with Crippen molar-refractivity contribution < 1.29 is 4.79 Å². The Balaban J connectivity index is 1.95. The molecule has 1 heterocycles. The maximum Gasteiger partial charge on any atom is 0.272 e. The second-order valence-electron chi connectivity index (χ2n) is 5.23. The van der Waals surface area contributed by atoms with Crippen LogP contribution < -0.4 is 0 Å². The first-order valence-corrected chi connectivity index (χ1v) is 6.82. The summed E-state index contributed by atoms with van der Waals surface area (Å²) in [6, 6.07) is 5.26. The Bertz CT molecular complexity index is 469. The van der Waals surface area contributed by atoms with Gasteiger partial charge in [0.1, 0.15) is 11.8 Å². The Kier molecular flexibility index (Phi) is 4.51. The van der Waals surface area contributed by atoms with Crippen LogP contribution >= 0.6 is 0 Å². The lowest BCUT2D eigenvalue weighted by Crippen LogP contribution is -2.33. The van der Waals surface area contributed by atoms with E-state index < -0.39 is 0 Å². The number of carbonyl (C=O) groups excluding carboxylic acids is 1. The van der Waals surface area contributed by atoms with Crippen LogP contribution in [0.2, 0.25) is 0 Å². The molecule has 19 heavy (non-hydrogen) atoms. The molecule has 0 atom stereocenters. The van der Waals surface area contributed by atoms with Crippen LogP contribution in [0, 0.1) is 17.2 Å². The summed E-state index contributed by atoms with van der Waals surface area (Å²) in [6.07, 6.45) is 7.77. The van der Waals surface area contributed by atoms with Crippen molar-refractivity contribution >= 4 is 5.91 Å². The van der Waals surface area contributed by atoms with Gasteiger partial charge in [-0.3, -0.25) is 4.79 Å². The molecule has 0 saturated heterocycles.